The van der Waals surface area contributed by atoms with E-state index >= 15 is 0 Å². The summed E-state index contributed by atoms with van der Waals surface area (Å²) in [5.41, 5.74) is 13.7. The van der Waals surface area contributed by atoms with E-state index in [2.05, 4.69) is 22.9 Å². The van der Waals surface area contributed by atoms with Crippen LogP contribution in [0.3, 0.4) is 0 Å². The number of hydrogen-bond acceptors (Lipinski definition) is 8. The molecule has 13 heteroatoms. The highest BCUT2D eigenvalue weighted by Crippen LogP contribution is 1.99. The van der Waals surface area contributed by atoms with E-state index in [1.165, 1.54) is 5.48 Å². The van der Waals surface area contributed by atoms with Crippen LogP contribution in [0.25, 0.3) is 0 Å². The van der Waals surface area contributed by atoms with Crippen molar-refractivity contribution >= 4 is 30.4 Å². The molecule has 0 spiro atoms. The van der Waals surface area contributed by atoms with Crippen LogP contribution in [0.1, 0.15) is 12.8 Å². The number of thiol groups is 1. The van der Waals surface area contributed by atoms with Crippen LogP contribution in [0, 0.1) is 10.1 Å². The molecule has 0 aromatic carbocycles. The molecule has 0 heterocycles. The van der Waals surface area contributed by atoms with E-state index in [-0.39, 0.29) is 31.1 Å². The highest BCUT2D eigenvalue weighted by molar-refractivity contribution is 7.80. The zero-order valence-corrected chi connectivity index (χ0v) is 12.5. The topological polar surface area (TPSA) is 198 Å². The summed E-state index contributed by atoms with van der Waals surface area (Å²) in [6.45, 7) is 0.0797. The number of carbonyl (C=O) groups is 2. The minimum Gasteiger partial charge on any atom is -0.365 e. The number of hydrogen-bond donors (Lipinski definition) is 7. The van der Waals surface area contributed by atoms with Gasteiger partial charge in [0, 0.05) is 12.3 Å². The van der Waals surface area contributed by atoms with Crippen LogP contribution in [-0.4, -0.2) is 52.4 Å². The van der Waals surface area contributed by atoms with Crippen LogP contribution in [-0.2, 0) is 9.59 Å². The average Bonchev–Trinajstić information content (AvgIpc) is 2.47. The number of aliphatic imine (C=N–C) groups is 1. The number of guanidine groups is 1. The SMILES string of the molecule is NC(=NCCC[C@H](NC(=O)C(N)CS)C(=O)NO)N[N+](=O)[O-]. The summed E-state index contributed by atoms with van der Waals surface area (Å²) in [5.74, 6) is -1.71. The lowest BCUT2D eigenvalue weighted by molar-refractivity contribution is -0.525. The average molecular weight is 337 g/mol. The lowest BCUT2D eigenvalue weighted by atomic mass is 10.1. The Hall–Kier alpha value is -2.12. The van der Waals surface area contributed by atoms with Gasteiger partial charge in [-0.2, -0.15) is 12.6 Å². The lowest BCUT2D eigenvalue weighted by Gasteiger charge is -2.18. The van der Waals surface area contributed by atoms with Gasteiger partial charge in [0.05, 0.1) is 6.04 Å². The molecule has 0 fully saturated rings. The van der Waals surface area contributed by atoms with Gasteiger partial charge in [0.1, 0.15) is 6.04 Å². The summed E-state index contributed by atoms with van der Waals surface area (Å²) in [4.78, 5) is 36.8. The van der Waals surface area contributed by atoms with Gasteiger partial charge < -0.3 is 16.8 Å². The smallest absolute Gasteiger partial charge is 0.265 e. The fourth-order valence-electron chi connectivity index (χ4n) is 1.33. The molecule has 0 aliphatic carbocycles. The van der Waals surface area contributed by atoms with Crippen LogP contribution >= 0.6 is 12.6 Å². The van der Waals surface area contributed by atoms with E-state index in [1.807, 2.05) is 0 Å². The first-order valence-electron chi connectivity index (χ1n) is 6.13. The number of nitrogens with two attached hydrogens (primary N) is 2. The van der Waals surface area contributed by atoms with Crippen molar-refractivity contribution in [3.05, 3.63) is 10.1 Å². The monoisotopic (exact) mass is 337 g/mol. The van der Waals surface area contributed by atoms with E-state index in [4.69, 9.17) is 16.7 Å². The number of nitrogens with one attached hydrogen (secondary N) is 3. The molecule has 8 N–H and O–H groups in total. The maximum Gasteiger partial charge on any atom is 0.265 e. The van der Waals surface area contributed by atoms with Crippen molar-refractivity contribution < 1.29 is 19.8 Å². The highest BCUT2D eigenvalue weighted by Gasteiger charge is 2.22. The van der Waals surface area contributed by atoms with Gasteiger partial charge in [-0.25, -0.2) is 20.6 Å². The molecule has 0 rings (SSSR count). The first-order chi connectivity index (χ1) is 10.3. The van der Waals surface area contributed by atoms with Crippen LogP contribution < -0.4 is 27.7 Å². The Morgan fingerprint density at radius 3 is 2.55 bits per heavy atom. The fraction of sp³-hybridized carbons (Fsp3) is 0.667. The molecule has 1 unspecified atom stereocenters. The third-order valence-corrected chi connectivity index (χ3v) is 2.81. The predicted octanol–water partition coefficient (Wildman–Crippen LogP) is -2.89. The van der Waals surface area contributed by atoms with Gasteiger partial charge in [0.2, 0.25) is 5.91 Å². The Kier molecular flexibility index (Phi) is 9.56. The first-order valence-corrected chi connectivity index (χ1v) is 6.76. The van der Waals surface area contributed by atoms with Crippen LogP contribution in [0.15, 0.2) is 4.99 Å². The van der Waals surface area contributed by atoms with Gasteiger partial charge in [-0.05, 0) is 12.8 Å². The molecule has 0 aliphatic rings. The number of hydroxylamine groups is 1. The third kappa shape index (κ3) is 8.23. The largest absolute Gasteiger partial charge is 0.365 e. The Morgan fingerprint density at radius 2 is 2.05 bits per heavy atom. The summed E-state index contributed by atoms with van der Waals surface area (Å²) in [6.07, 6.45) is 0.390. The predicted molar refractivity (Wildman–Crippen MR) is 79.5 cm³/mol. The zero-order chi connectivity index (χ0) is 17.1. The molecule has 0 aromatic rings. The molecule has 0 saturated heterocycles. The van der Waals surface area contributed by atoms with Crippen molar-refractivity contribution in [1.82, 2.24) is 16.2 Å². The molecule has 22 heavy (non-hydrogen) atoms. The Labute approximate surface area is 131 Å². The van der Waals surface area contributed by atoms with Gasteiger partial charge in [-0.3, -0.25) is 14.8 Å². The Balaban J connectivity index is 4.41. The molecule has 0 aliphatic heterocycles. The van der Waals surface area contributed by atoms with Gasteiger partial charge in [-0.15, -0.1) is 0 Å². The summed E-state index contributed by atoms with van der Waals surface area (Å²) in [7, 11) is 0. The second-order valence-corrected chi connectivity index (χ2v) is 4.47. The molecule has 0 aromatic heterocycles. The summed E-state index contributed by atoms with van der Waals surface area (Å²) in [5, 5.41) is 20.2. The van der Waals surface area contributed by atoms with E-state index in [9.17, 15) is 19.7 Å². The maximum absolute atomic E-state index is 11.6. The number of hydrazine groups is 1. The maximum atomic E-state index is 11.6. The summed E-state index contributed by atoms with van der Waals surface area (Å²) < 4.78 is 0. The van der Waals surface area contributed by atoms with Crippen molar-refractivity contribution in [3.8, 4) is 0 Å². The number of carbonyl (C=O) groups excluding carboxylic acids is 2. The fourth-order valence-corrected chi connectivity index (χ4v) is 1.50. The number of nitrogens with zero attached hydrogens (tertiary/aromatic N) is 2. The number of amides is 2. The van der Waals surface area contributed by atoms with E-state index < -0.39 is 28.9 Å². The summed E-state index contributed by atoms with van der Waals surface area (Å²) >= 11 is 3.86. The second kappa shape index (κ2) is 10.6. The van der Waals surface area contributed by atoms with Crippen LogP contribution in [0.2, 0.25) is 0 Å². The Bertz CT molecular complexity index is 433. The molecule has 0 saturated carbocycles. The molecule has 12 nitrogen and oxygen atoms in total. The molecule has 2 amide bonds. The van der Waals surface area contributed by atoms with Gasteiger partial charge >= 0.3 is 0 Å². The zero-order valence-electron chi connectivity index (χ0n) is 11.6. The van der Waals surface area contributed by atoms with E-state index in [0.717, 1.165) is 0 Å². The van der Waals surface area contributed by atoms with Crippen molar-refractivity contribution in [3.63, 3.8) is 0 Å². The molecule has 0 bridgehead atoms. The quantitative estimate of drug-likeness (QED) is 0.0442. The van der Waals surface area contributed by atoms with Gasteiger partial charge in [0.25, 0.3) is 11.9 Å². The highest BCUT2D eigenvalue weighted by atomic mass is 32.1. The Morgan fingerprint density at radius 1 is 1.41 bits per heavy atom. The molecule has 0 radical (unpaired) electrons. The van der Waals surface area contributed by atoms with Gasteiger partial charge in [-0.1, -0.05) is 5.43 Å². The first kappa shape index (κ1) is 19.9. The molecular formula is C9H19N7O5S. The van der Waals surface area contributed by atoms with Crippen molar-refractivity contribution in [2.24, 2.45) is 16.5 Å². The normalized spacial score (nSPS) is 13.9. The van der Waals surface area contributed by atoms with Gasteiger partial charge in [0.15, 0.2) is 5.03 Å². The number of nitro groups is 1. The van der Waals surface area contributed by atoms with Crippen molar-refractivity contribution in [2.75, 3.05) is 12.3 Å². The van der Waals surface area contributed by atoms with Crippen LogP contribution in [0.5, 0.6) is 0 Å². The molecule has 2 atom stereocenters. The van der Waals surface area contributed by atoms with E-state index in [0.29, 0.717) is 0 Å². The third-order valence-electron chi connectivity index (χ3n) is 2.42. The lowest BCUT2D eigenvalue weighted by Crippen LogP contribution is -2.51. The van der Waals surface area contributed by atoms with Crippen LogP contribution in [0.4, 0.5) is 0 Å². The summed E-state index contributed by atoms with van der Waals surface area (Å²) in [6, 6.07) is -1.92. The minimum atomic E-state index is -1.02. The standard InChI is InChI=1S/C9H19N7O5S/c10-5(4-22)7(17)13-6(8(18)15-19)2-1-3-12-9(11)14-16(20)21/h5-6,19,22H,1-4,10H2,(H,13,17)(H,15,18)(H3,11,12,14)/t5?,6-/m0/s1. The molecule has 126 valence electrons. The van der Waals surface area contributed by atoms with Crippen molar-refractivity contribution in [2.45, 2.75) is 24.9 Å². The number of rotatable bonds is 9. The van der Waals surface area contributed by atoms with E-state index in [1.54, 1.807) is 5.43 Å². The van der Waals surface area contributed by atoms with Crippen molar-refractivity contribution in [1.29, 1.82) is 0 Å². The minimum absolute atomic E-state index is 0.0797. The molecular weight excluding hydrogens is 318 g/mol. The second-order valence-electron chi connectivity index (χ2n) is 4.10.